The number of unbranched alkanes of at least 4 members (excludes halogenated alkanes) is 1. The molecule has 1 aliphatic heterocycles. The molecule has 3 atom stereocenters. The zero-order valence-corrected chi connectivity index (χ0v) is 22.2. The number of allylic oxidation sites excluding steroid dienone is 1. The summed E-state index contributed by atoms with van der Waals surface area (Å²) >= 11 is 0. The lowest BCUT2D eigenvalue weighted by molar-refractivity contribution is -0.166. The van der Waals surface area contributed by atoms with E-state index in [-0.39, 0.29) is 36.0 Å². The number of aliphatic hydroxyl groups is 1. The largest absolute Gasteiger partial charge is 0.464 e. The Morgan fingerprint density at radius 2 is 1.87 bits per heavy atom. The van der Waals surface area contributed by atoms with Crippen LogP contribution in [0.4, 0.5) is 11.4 Å². The van der Waals surface area contributed by atoms with E-state index in [1.54, 1.807) is 18.4 Å². The first-order valence-electron chi connectivity index (χ1n) is 13.5. The minimum atomic E-state index is -0.639. The Balaban J connectivity index is 1.39. The standard InChI is InChI=1S/C30H37N3O6/c1-2-37-30-21(11-9-17-34)22(23-19-38-26-14-6-3-10-20(23)26)18-27(39-30)29(36)32-16-8-7-15-28(35)33-25-13-5-4-12-24(25)31/h3-6,10,12-14,18-19,21-22,30,34H,2,7-9,11,15-17,31H2,1H3,(H,32,36)(H,33,35)/t21-,22+,30-/m1/s1. The summed E-state index contributed by atoms with van der Waals surface area (Å²) in [5, 5.41) is 16.2. The molecular weight excluding hydrogens is 498 g/mol. The average molecular weight is 536 g/mol. The van der Waals surface area contributed by atoms with Crippen LogP contribution in [-0.2, 0) is 19.1 Å². The fourth-order valence-electron chi connectivity index (χ4n) is 4.90. The van der Waals surface area contributed by atoms with E-state index in [9.17, 15) is 14.7 Å². The maximum Gasteiger partial charge on any atom is 0.286 e. The van der Waals surface area contributed by atoms with Crippen molar-refractivity contribution in [3.63, 3.8) is 0 Å². The summed E-state index contributed by atoms with van der Waals surface area (Å²) in [6.07, 6.45) is 5.72. The molecule has 9 heteroatoms. The van der Waals surface area contributed by atoms with Gasteiger partial charge in [0.1, 0.15) is 5.58 Å². The van der Waals surface area contributed by atoms with Crippen LogP contribution in [0.3, 0.4) is 0 Å². The molecule has 0 unspecified atom stereocenters. The first-order valence-corrected chi connectivity index (χ1v) is 13.5. The number of aliphatic hydroxyl groups excluding tert-OH is 1. The number of para-hydroxylation sites is 3. The van der Waals surface area contributed by atoms with E-state index in [4.69, 9.17) is 19.6 Å². The van der Waals surface area contributed by atoms with Gasteiger partial charge in [-0.3, -0.25) is 9.59 Å². The quantitative estimate of drug-likeness (QED) is 0.184. The summed E-state index contributed by atoms with van der Waals surface area (Å²) in [6, 6.07) is 14.9. The Morgan fingerprint density at radius 3 is 2.67 bits per heavy atom. The zero-order valence-electron chi connectivity index (χ0n) is 22.2. The second kappa shape index (κ2) is 13.8. The van der Waals surface area contributed by atoms with Gasteiger partial charge in [-0.1, -0.05) is 30.3 Å². The molecule has 208 valence electrons. The third kappa shape index (κ3) is 7.19. The van der Waals surface area contributed by atoms with Gasteiger partial charge in [0.15, 0.2) is 5.76 Å². The third-order valence-electron chi connectivity index (χ3n) is 6.86. The summed E-state index contributed by atoms with van der Waals surface area (Å²) in [4.78, 5) is 25.3. The van der Waals surface area contributed by atoms with Crippen LogP contribution >= 0.6 is 0 Å². The lowest BCUT2D eigenvalue weighted by Crippen LogP contribution is -2.39. The Hall–Kier alpha value is -3.82. The fraction of sp³-hybridized carbons (Fsp3) is 0.400. The van der Waals surface area contributed by atoms with Crippen molar-refractivity contribution in [3.05, 3.63) is 72.2 Å². The molecule has 9 nitrogen and oxygen atoms in total. The van der Waals surface area contributed by atoms with Gasteiger partial charge >= 0.3 is 0 Å². The van der Waals surface area contributed by atoms with Crippen molar-refractivity contribution in [2.75, 3.05) is 30.8 Å². The molecule has 5 N–H and O–H groups in total. The van der Waals surface area contributed by atoms with Gasteiger partial charge in [0.05, 0.1) is 17.6 Å². The molecule has 0 bridgehead atoms. The molecule has 0 fully saturated rings. The SMILES string of the molecule is CCO[C@@H]1OC(C(=O)NCCCCC(=O)Nc2ccccc2N)=C[C@H](c2coc3ccccc23)[C@H]1CCCO. The number of nitrogen functional groups attached to an aromatic ring is 1. The molecule has 0 saturated heterocycles. The zero-order chi connectivity index (χ0) is 27.6. The number of amides is 2. The van der Waals surface area contributed by atoms with E-state index in [0.717, 1.165) is 16.5 Å². The highest BCUT2D eigenvalue weighted by atomic mass is 16.7. The number of hydrogen-bond donors (Lipinski definition) is 4. The minimum absolute atomic E-state index is 0.0576. The maximum atomic E-state index is 13.1. The second-order valence-electron chi connectivity index (χ2n) is 9.56. The molecule has 4 rings (SSSR count). The van der Waals surface area contributed by atoms with Crippen LogP contribution in [0.5, 0.6) is 0 Å². The van der Waals surface area contributed by atoms with Gasteiger partial charge in [-0.15, -0.1) is 0 Å². The van der Waals surface area contributed by atoms with E-state index < -0.39 is 6.29 Å². The monoisotopic (exact) mass is 535 g/mol. The Labute approximate surface area is 228 Å². The highest BCUT2D eigenvalue weighted by Crippen LogP contribution is 2.42. The number of carbonyl (C=O) groups is 2. The minimum Gasteiger partial charge on any atom is -0.464 e. The van der Waals surface area contributed by atoms with E-state index in [2.05, 4.69) is 10.6 Å². The molecule has 3 aromatic rings. The average Bonchev–Trinajstić information content (AvgIpc) is 3.37. The van der Waals surface area contributed by atoms with E-state index >= 15 is 0 Å². The van der Waals surface area contributed by atoms with Crippen molar-refractivity contribution in [2.45, 2.75) is 51.2 Å². The van der Waals surface area contributed by atoms with Crippen LogP contribution < -0.4 is 16.4 Å². The van der Waals surface area contributed by atoms with Gasteiger partial charge in [0.2, 0.25) is 12.2 Å². The molecule has 0 radical (unpaired) electrons. The van der Waals surface area contributed by atoms with Crippen molar-refractivity contribution in [2.24, 2.45) is 5.92 Å². The smallest absolute Gasteiger partial charge is 0.286 e. The molecule has 1 aliphatic rings. The Kier molecular flexibility index (Phi) is 9.99. The number of rotatable bonds is 13. The topological polar surface area (TPSA) is 136 Å². The molecule has 2 aromatic carbocycles. The van der Waals surface area contributed by atoms with Gasteiger partial charge in [0.25, 0.3) is 5.91 Å². The third-order valence-corrected chi connectivity index (χ3v) is 6.86. The number of hydrogen-bond acceptors (Lipinski definition) is 7. The molecule has 0 spiro atoms. The van der Waals surface area contributed by atoms with Crippen molar-refractivity contribution in [1.82, 2.24) is 5.32 Å². The first kappa shape index (κ1) is 28.2. The molecule has 1 aromatic heterocycles. The van der Waals surface area contributed by atoms with Crippen LogP contribution in [-0.4, -0.2) is 43.0 Å². The number of anilines is 2. The van der Waals surface area contributed by atoms with Crippen LogP contribution in [0.15, 0.2) is 71.0 Å². The van der Waals surface area contributed by atoms with Gasteiger partial charge in [-0.05, 0) is 56.9 Å². The summed E-state index contributed by atoms with van der Waals surface area (Å²) in [5.41, 5.74) is 8.71. The predicted octanol–water partition coefficient (Wildman–Crippen LogP) is 4.69. The summed E-state index contributed by atoms with van der Waals surface area (Å²) in [5.74, 6) is -0.561. The first-order chi connectivity index (χ1) is 19.0. The summed E-state index contributed by atoms with van der Waals surface area (Å²) < 4.78 is 17.8. The number of benzene rings is 2. The predicted molar refractivity (Wildman–Crippen MR) is 150 cm³/mol. The van der Waals surface area contributed by atoms with Crippen molar-refractivity contribution < 1.29 is 28.6 Å². The van der Waals surface area contributed by atoms with E-state index in [0.29, 0.717) is 56.6 Å². The fourth-order valence-corrected chi connectivity index (χ4v) is 4.90. The number of nitrogens with one attached hydrogen (secondary N) is 2. The normalized spacial score (nSPS) is 18.8. The molecule has 0 aliphatic carbocycles. The highest BCUT2D eigenvalue weighted by Gasteiger charge is 2.39. The molecule has 2 heterocycles. The van der Waals surface area contributed by atoms with E-state index in [1.165, 1.54) is 0 Å². The Bertz CT molecular complexity index is 1290. The molecule has 0 saturated carbocycles. The van der Waals surface area contributed by atoms with Gasteiger partial charge in [0, 0.05) is 49.0 Å². The maximum absolute atomic E-state index is 13.1. The number of nitrogens with two attached hydrogens (primary N) is 1. The van der Waals surface area contributed by atoms with Crippen LogP contribution in [0.1, 0.15) is 50.5 Å². The molecule has 39 heavy (non-hydrogen) atoms. The number of furan rings is 1. The molecular formula is C30H37N3O6. The second-order valence-corrected chi connectivity index (χ2v) is 9.56. The molecule has 2 amide bonds. The van der Waals surface area contributed by atoms with Gasteiger partial charge in [-0.2, -0.15) is 0 Å². The van der Waals surface area contributed by atoms with Gasteiger partial charge in [-0.25, -0.2) is 0 Å². The summed E-state index contributed by atoms with van der Waals surface area (Å²) in [6.45, 7) is 2.76. The van der Waals surface area contributed by atoms with E-state index in [1.807, 2.05) is 49.4 Å². The number of ether oxygens (including phenoxy) is 2. The van der Waals surface area contributed by atoms with Crippen LogP contribution in [0.2, 0.25) is 0 Å². The van der Waals surface area contributed by atoms with Crippen molar-refractivity contribution >= 4 is 34.2 Å². The van der Waals surface area contributed by atoms with Gasteiger partial charge < -0.3 is 35.4 Å². The van der Waals surface area contributed by atoms with Crippen LogP contribution in [0, 0.1) is 5.92 Å². The van der Waals surface area contributed by atoms with Crippen molar-refractivity contribution in [1.29, 1.82) is 0 Å². The number of fused-ring (bicyclic) bond motifs is 1. The van der Waals surface area contributed by atoms with Crippen LogP contribution in [0.25, 0.3) is 11.0 Å². The summed E-state index contributed by atoms with van der Waals surface area (Å²) in [7, 11) is 0. The lowest BCUT2D eigenvalue weighted by atomic mass is 9.80. The highest BCUT2D eigenvalue weighted by molar-refractivity contribution is 5.94. The van der Waals surface area contributed by atoms with Crippen molar-refractivity contribution in [3.8, 4) is 0 Å². The number of carbonyl (C=O) groups excluding carboxylic acids is 2. The lowest BCUT2D eigenvalue weighted by Gasteiger charge is -2.36. The Morgan fingerprint density at radius 1 is 1.08 bits per heavy atom.